The fraction of sp³-hybridized carbons (Fsp3) is 0.469. The predicted octanol–water partition coefficient (Wildman–Crippen LogP) is 2.59. The lowest BCUT2D eigenvalue weighted by Crippen LogP contribution is -2.56. The van der Waals surface area contributed by atoms with E-state index in [9.17, 15) is 24.0 Å². The highest BCUT2D eigenvalue weighted by Crippen LogP contribution is 2.64. The Hall–Kier alpha value is -3.92. The monoisotopic (exact) mass is 608 g/mol. The highest BCUT2D eigenvalue weighted by atomic mass is 35.5. The number of nitrogens with one attached hydrogen (secondary N) is 3. The minimum absolute atomic E-state index is 0.0147. The van der Waals surface area contributed by atoms with Crippen molar-refractivity contribution in [2.24, 2.45) is 23.2 Å². The van der Waals surface area contributed by atoms with E-state index >= 15 is 0 Å². The van der Waals surface area contributed by atoms with Gasteiger partial charge in [-0.15, -0.1) is 0 Å². The summed E-state index contributed by atoms with van der Waals surface area (Å²) in [6.07, 6.45) is 0.526. The molecule has 2 aromatic rings. The van der Waals surface area contributed by atoms with E-state index in [1.165, 1.54) is 4.90 Å². The van der Waals surface area contributed by atoms with Crippen LogP contribution in [0.5, 0.6) is 5.75 Å². The number of hydrogen-bond acceptors (Lipinski definition) is 6. The van der Waals surface area contributed by atoms with E-state index in [-0.39, 0.29) is 48.6 Å². The van der Waals surface area contributed by atoms with E-state index in [0.717, 1.165) is 11.1 Å². The molecular weight excluding hydrogens is 572 g/mol. The minimum atomic E-state index is -1.18. The smallest absolute Gasteiger partial charge is 0.289 e. The Morgan fingerprint density at radius 2 is 1.72 bits per heavy atom. The fourth-order valence-corrected chi connectivity index (χ4v) is 6.63. The Labute approximate surface area is 255 Å². The van der Waals surface area contributed by atoms with Crippen molar-refractivity contribution in [2.75, 3.05) is 26.2 Å². The van der Waals surface area contributed by atoms with E-state index in [2.05, 4.69) is 29.8 Å². The molecule has 2 heterocycles. The van der Waals surface area contributed by atoms with Crippen molar-refractivity contribution in [3.05, 3.63) is 53.6 Å². The maximum Gasteiger partial charge on any atom is 0.289 e. The summed E-state index contributed by atoms with van der Waals surface area (Å²) in [4.78, 5) is 66.4. The molecule has 0 bridgehead atoms. The molecule has 1 aliphatic carbocycles. The van der Waals surface area contributed by atoms with Crippen molar-refractivity contribution in [2.45, 2.75) is 45.7 Å². The summed E-state index contributed by atoms with van der Waals surface area (Å²) in [6, 6.07) is 12.8. The average Bonchev–Trinajstić information content (AvgIpc) is 3.33. The molecule has 1 saturated carbocycles. The number of benzene rings is 2. The number of rotatable bonds is 11. The maximum absolute atomic E-state index is 13.8. The quantitative estimate of drug-likeness (QED) is 0.336. The normalized spacial score (nSPS) is 24.0. The van der Waals surface area contributed by atoms with Gasteiger partial charge in [0.25, 0.3) is 11.8 Å². The van der Waals surface area contributed by atoms with Crippen LogP contribution in [0.25, 0.3) is 11.1 Å². The first-order chi connectivity index (χ1) is 20.5. The molecule has 2 aromatic carbocycles. The Morgan fingerprint density at radius 3 is 2.33 bits per heavy atom. The van der Waals surface area contributed by atoms with Gasteiger partial charge < -0.3 is 25.6 Å². The Morgan fingerprint density at radius 1 is 1.07 bits per heavy atom. The van der Waals surface area contributed by atoms with Crippen molar-refractivity contribution in [1.29, 1.82) is 0 Å². The van der Waals surface area contributed by atoms with Crippen molar-refractivity contribution in [1.82, 2.24) is 20.9 Å². The lowest BCUT2D eigenvalue weighted by molar-refractivity contribution is -0.144. The van der Waals surface area contributed by atoms with Crippen LogP contribution >= 0.6 is 11.6 Å². The number of fused-ring (bicyclic) bond motifs is 1. The Balaban J connectivity index is 1.26. The van der Waals surface area contributed by atoms with Gasteiger partial charge in [0, 0.05) is 30.6 Å². The van der Waals surface area contributed by atoms with Gasteiger partial charge in [-0.2, -0.15) is 0 Å². The summed E-state index contributed by atoms with van der Waals surface area (Å²) < 4.78 is 5.80. The number of Topliss-reactive ketones (excluding diaryl/α,β-unsaturated/α-hetero) is 1. The number of halogens is 1. The van der Waals surface area contributed by atoms with Crippen molar-refractivity contribution in [3.8, 4) is 16.9 Å². The fourth-order valence-electron chi connectivity index (χ4n) is 6.51. The highest BCUT2D eigenvalue weighted by Gasteiger charge is 2.69. The molecule has 4 amide bonds. The summed E-state index contributed by atoms with van der Waals surface area (Å²) in [6.45, 7) is 6.68. The van der Waals surface area contributed by atoms with Gasteiger partial charge in [-0.3, -0.25) is 24.0 Å². The third-order valence-corrected chi connectivity index (χ3v) is 9.32. The molecule has 0 unspecified atom stereocenters. The number of likely N-dealkylation sites (tertiary alicyclic amines) is 1. The number of ether oxygens (including phenoxy) is 1. The molecule has 3 fully saturated rings. The second-order valence-electron chi connectivity index (χ2n) is 12.1. The summed E-state index contributed by atoms with van der Waals surface area (Å²) in [5, 5.41) is 8.62. The molecule has 0 aromatic heterocycles. The maximum atomic E-state index is 13.8. The van der Waals surface area contributed by atoms with Gasteiger partial charge in [-0.1, -0.05) is 49.7 Å². The van der Waals surface area contributed by atoms with Gasteiger partial charge >= 0.3 is 0 Å². The predicted molar refractivity (Wildman–Crippen MR) is 160 cm³/mol. The summed E-state index contributed by atoms with van der Waals surface area (Å²) in [5.41, 5.74) is 1.82. The van der Waals surface area contributed by atoms with Crippen LogP contribution < -0.4 is 20.7 Å². The second-order valence-corrected chi connectivity index (χ2v) is 12.5. The molecule has 3 aliphatic rings. The Kier molecular flexibility index (Phi) is 8.78. The van der Waals surface area contributed by atoms with Crippen LogP contribution in [0, 0.1) is 23.2 Å². The van der Waals surface area contributed by atoms with Gasteiger partial charge in [0.1, 0.15) is 11.8 Å². The highest BCUT2D eigenvalue weighted by molar-refractivity contribution is 6.38. The Bertz CT molecular complexity index is 1410. The molecule has 2 saturated heterocycles. The number of amides is 4. The molecule has 10 nitrogen and oxygen atoms in total. The summed E-state index contributed by atoms with van der Waals surface area (Å²) in [5.74, 6) is -2.61. The van der Waals surface area contributed by atoms with Crippen LogP contribution in [0.1, 0.15) is 33.6 Å². The number of ketones is 1. The molecule has 43 heavy (non-hydrogen) atoms. The van der Waals surface area contributed by atoms with Crippen LogP contribution in [-0.2, 0) is 24.0 Å². The van der Waals surface area contributed by atoms with Crippen LogP contribution in [-0.4, -0.2) is 72.6 Å². The molecule has 228 valence electrons. The van der Waals surface area contributed by atoms with E-state index in [4.69, 9.17) is 16.3 Å². The lowest BCUT2D eigenvalue weighted by atomic mass is 9.94. The number of carbonyl (C=O) groups excluding carboxylic acids is 5. The molecule has 5 atom stereocenters. The van der Waals surface area contributed by atoms with Gasteiger partial charge in [0.2, 0.25) is 17.6 Å². The molecular formula is C32H37ClN4O6. The first-order valence-electron chi connectivity index (χ1n) is 14.7. The zero-order valence-corrected chi connectivity index (χ0v) is 25.3. The second kappa shape index (κ2) is 12.4. The SMILES string of the molecule is CCNC(=O)C(=O)[C@H](C[C@@H]1CCNC1=O)NC(=O)[C@@H]1[C@@H]2[C@H](CN1C(=O)COc1ccc(-c3ccc(Cl)cc3)cc1)C2(C)C. The molecule has 3 N–H and O–H groups in total. The van der Waals surface area contributed by atoms with Gasteiger partial charge in [-0.05, 0) is 72.4 Å². The van der Waals surface area contributed by atoms with Crippen molar-refractivity contribution < 1.29 is 28.7 Å². The zero-order valence-electron chi connectivity index (χ0n) is 24.5. The molecule has 11 heteroatoms. The van der Waals surface area contributed by atoms with E-state index in [1.807, 2.05) is 36.4 Å². The van der Waals surface area contributed by atoms with Crippen molar-refractivity contribution in [3.63, 3.8) is 0 Å². The van der Waals surface area contributed by atoms with Crippen LogP contribution in [0.2, 0.25) is 5.02 Å². The largest absolute Gasteiger partial charge is 0.484 e. The number of likely N-dealkylation sites (N-methyl/N-ethyl adjacent to an activating group) is 1. The van der Waals surface area contributed by atoms with E-state index in [1.54, 1.807) is 19.1 Å². The third kappa shape index (κ3) is 6.39. The molecule has 5 rings (SSSR count). The summed E-state index contributed by atoms with van der Waals surface area (Å²) >= 11 is 5.98. The average molecular weight is 609 g/mol. The van der Waals surface area contributed by atoms with Gasteiger partial charge in [0.05, 0.1) is 6.04 Å². The number of carbonyl (C=O) groups is 5. The first-order valence-corrected chi connectivity index (χ1v) is 15.1. The topological polar surface area (TPSA) is 134 Å². The van der Waals surface area contributed by atoms with Gasteiger partial charge in [-0.25, -0.2) is 0 Å². The van der Waals surface area contributed by atoms with Crippen molar-refractivity contribution >= 4 is 41.0 Å². The first kappa shape index (κ1) is 30.5. The zero-order chi connectivity index (χ0) is 30.9. The molecule has 2 aliphatic heterocycles. The van der Waals surface area contributed by atoms with Crippen LogP contribution in [0.3, 0.4) is 0 Å². The van der Waals surface area contributed by atoms with E-state index in [0.29, 0.717) is 30.3 Å². The van der Waals surface area contributed by atoms with Crippen LogP contribution in [0.15, 0.2) is 48.5 Å². The number of hydrogen-bond donors (Lipinski definition) is 3. The minimum Gasteiger partial charge on any atom is -0.484 e. The van der Waals surface area contributed by atoms with Gasteiger partial charge in [0.15, 0.2) is 6.61 Å². The van der Waals surface area contributed by atoms with E-state index < -0.39 is 35.6 Å². The molecule has 0 spiro atoms. The standard InChI is InChI=1S/C32H37ClN4O6/c1-4-34-31(42)28(39)24(15-20-13-14-35-29(20)40)36-30(41)27-26-23(32(26,2)3)16-37(27)25(38)17-43-22-11-7-19(8-12-22)18-5-9-21(33)10-6-18/h5-12,20,23-24,26-27H,4,13-17H2,1-3H3,(H,34,42)(H,35,40)(H,36,41)/t20-,23-,24-,26-,27-/m0/s1. The lowest BCUT2D eigenvalue weighted by Gasteiger charge is -2.31. The number of piperidine rings is 1. The summed E-state index contributed by atoms with van der Waals surface area (Å²) in [7, 11) is 0. The molecule has 0 radical (unpaired) electrons. The third-order valence-electron chi connectivity index (χ3n) is 9.07. The number of nitrogens with zero attached hydrogens (tertiary/aromatic N) is 1. The van der Waals surface area contributed by atoms with Crippen LogP contribution in [0.4, 0.5) is 0 Å².